The Kier molecular flexibility index (Phi) is 11.5. The van der Waals surface area contributed by atoms with E-state index in [1.54, 1.807) is 46.6 Å². The highest BCUT2D eigenvalue weighted by atomic mass is 35.5. The van der Waals surface area contributed by atoms with E-state index in [0.29, 0.717) is 60.1 Å². The molecule has 2 fully saturated rings. The molecule has 254 valence electrons. The Morgan fingerprint density at radius 1 is 1.10 bits per heavy atom. The maximum atomic E-state index is 14.0. The van der Waals surface area contributed by atoms with Crippen LogP contribution in [-0.2, 0) is 27.4 Å². The third kappa shape index (κ3) is 8.48. The molecule has 2 saturated heterocycles. The van der Waals surface area contributed by atoms with Crippen LogP contribution < -0.4 is 16.4 Å². The lowest BCUT2D eigenvalue weighted by Crippen LogP contribution is -2.51. The van der Waals surface area contributed by atoms with E-state index in [9.17, 15) is 14.4 Å². The van der Waals surface area contributed by atoms with E-state index in [-0.39, 0.29) is 37.3 Å². The molecule has 0 saturated carbocycles. The lowest BCUT2D eigenvalue weighted by atomic mass is 9.99. The number of hydrogen-bond donors (Lipinski definition) is 3. The number of nitrogens with zero attached hydrogens (tertiary/aromatic N) is 3. The number of piperidine rings is 1. The van der Waals surface area contributed by atoms with Gasteiger partial charge in [-0.25, -0.2) is 9.97 Å². The van der Waals surface area contributed by atoms with Crippen molar-refractivity contribution < 1.29 is 23.5 Å². The number of fused-ring (bicyclic) bond motifs is 1. The number of unbranched alkanes of at least 4 members (excludes halogenated alkanes) is 1. The average Bonchev–Trinajstić information content (AvgIpc) is 3.86. The number of aromatic nitrogens is 2. The highest BCUT2D eigenvalue weighted by Gasteiger charge is 2.41. The first kappa shape index (κ1) is 34.2. The topological polar surface area (TPSA) is 153 Å². The van der Waals surface area contributed by atoms with Crippen LogP contribution in [0.25, 0.3) is 11.1 Å². The molecule has 0 spiro atoms. The SMILES string of the molecule is NCCCC[C@H](NC(=O)[C@@H]1C[C@@H](OCc2ccc(Cl)cc2)CN1C(=O)Cc1csc(C2CCNCC2)n1)C(=O)c1nc2ccccc2o1. The fourth-order valence-electron chi connectivity index (χ4n) is 6.31. The zero-order chi connectivity index (χ0) is 33.5. The minimum atomic E-state index is -0.894. The van der Waals surface area contributed by atoms with Crippen molar-refractivity contribution in [2.45, 2.75) is 75.7 Å². The van der Waals surface area contributed by atoms with Crippen LogP contribution in [0.4, 0.5) is 0 Å². The number of benzene rings is 2. The lowest BCUT2D eigenvalue weighted by Gasteiger charge is -2.25. The number of amides is 2. The number of ether oxygens (including phenoxy) is 1. The third-order valence-electron chi connectivity index (χ3n) is 8.96. The average molecular weight is 693 g/mol. The normalized spacial score (nSPS) is 19.1. The van der Waals surface area contributed by atoms with Crippen molar-refractivity contribution in [2.24, 2.45) is 5.73 Å². The van der Waals surface area contributed by atoms with Gasteiger partial charge in [-0.3, -0.25) is 14.4 Å². The van der Waals surface area contributed by atoms with E-state index < -0.39 is 23.8 Å². The van der Waals surface area contributed by atoms with Gasteiger partial charge < -0.3 is 30.4 Å². The van der Waals surface area contributed by atoms with Gasteiger partial charge in [0.1, 0.15) is 11.6 Å². The molecule has 2 amide bonds. The fourth-order valence-corrected chi connectivity index (χ4v) is 7.43. The van der Waals surface area contributed by atoms with E-state index >= 15 is 0 Å². The van der Waals surface area contributed by atoms with E-state index in [1.165, 1.54) is 0 Å². The molecule has 2 aromatic heterocycles. The van der Waals surface area contributed by atoms with Crippen LogP contribution in [0, 0.1) is 0 Å². The van der Waals surface area contributed by atoms with Crippen LogP contribution in [0.3, 0.4) is 0 Å². The molecule has 4 N–H and O–H groups in total. The molecular weight excluding hydrogens is 652 g/mol. The predicted octanol–water partition coefficient (Wildman–Crippen LogP) is 4.63. The van der Waals surface area contributed by atoms with Crippen molar-refractivity contribution in [3.8, 4) is 0 Å². The van der Waals surface area contributed by atoms with Crippen molar-refractivity contribution in [1.29, 1.82) is 0 Å². The first-order chi connectivity index (χ1) is 23.4. The Hall–Kier alpha value is -3.68. The molecule has 48 heavy (non-hydrogen) atoms. The Balaban J connectivity index is 1.18. The number of para-hydroxylation sites is 2. The fraction of sp³-hybridized carbons (Fsp3) is 0.457. The van der Waals surface area contributed by atoms with Crippen LogP contribution in [0.2, 0.25) is 5.02 Å². The Morgan fingerprint density at radius 3 is 2.67 bits per heavy atom. The van der Waals surface area contributed by atoms with Crippen molar-refractivity contribution in [3.63, 3.8) is 0 Å². The molecule has 2 aliphatic heterocycles. The summed E-state index contributed by atoms with van der Waals surface area (Å²) in [5.41, 5.74) is 8.42. The third-order valence-corrected chi connectivity index (χ3v) is 10.3. The van der Waals surface area contributed by atoms with Gasteiger partial charge in [-0.1, -0.05) is 35.9 Å². The van der Waals surface area contributed by atoms with Crippen molar-refractivity contribution >= 4 is 51.6 Å². The largest absolute Gasteiger partial charge is 0.434 e. The summed E-state index contributed by atoms with van der Waals surface area (Å²) in [6, 6.07) is 12.8. The van der Waals surface area contributed by atoms with Crippen LogP contribution in [-0.4, -0.2) is 76.8 Å². The first-order valence-electron chi connectivity index (χ1n) is 16.6. The number of likely N-dealkylation sites (tertiary alicyclic amines) is 1. The van der Waals surface area contributed by atoms with Crippen molar-refractivity contribution in [3.05, 3.63) is 81.1 Å². The zero-order valence-electron chi connectivity index (χ0n) is 26.7. The molecule has 4 heterocycles. The smallest absolute Gasteiger partial charge is 0.266 e. The van der Waals surface area contributed by atoms with Gasteiger partial charge in [-0.05, 0) is 81.6 Å². The predicted molar refractivity (Wildman–Crippen MR) is 184 cm³/mol. The van der Waals surface area contributed by atoms with Gasteiger partial charge >= 0.3 is 0 Å². The minimum Gasteiger partial charge on any atom is -0.434 e. The van der Waals surface area contributed by atoms with Crippen LogP contribution in [0.5, 0.6) is 0 Å². The number of nitrogens with one attached hydrogen (secondary N) is 2. The highest BCUT2D eigenvalue weighted by Crippen LogP contribution is 2.29. The summed E-state index contributed by atoms with van der Waals surface area (Å²) in [5, 5.41) is 9.95. The second kappa shape index (κ2) is 16.1. The first-order valence-corrected chi connectivity index (χ1v) is 17.8. The van der Waals surface area contributed by atoms with Crippen molar-refractivity contribution in [1.82, 2.24) is 25.5 Å². The zero-order valence-corrected chi connectivity index (χ0v) is 28.3. The monoisotopic (exact) mass is 692 g/mol. The maximum Gasteiger partial charge on any atom is 0.266 e. The summed E-state index contributed by atoms with van der Waals surface area (Å²) in [6.07, 6.45) is 3.70. The molecule has 0 unspecified atom stereocenters. The minimum absolute atomic E-state index is 0.0640. The molecule has 3 atom stereocenters. The summed E-state index contributed by atoms with van der Waals surface area (Å²) in [7, 11) is 0. The summed E-state index contributed by atoms with van der Waals surface area (Å²) >= 11 is 7.64. The number of oxazole rings is 1. The molecule has 11 nitrogen and oxygen atoms in total. The number of halogens is 1. The molecule has 4 aromatic rings. The van der Waals surface area contributed by atoms with Gasteiger partial charge in [0.05, 0.1) is 35.9 Å². The molecule has 2 aliphatic rings. The Morgan fingerprint density at radius 2 is 1.90 bits per heavy atom. The van der Waals surface area contributed by atoms with Gasteiger partial charge in [0.15, 0.2) is 5.58 Å². The Bertz CT molecular complexity index is 1670. The number of carbonyl (C=O) groups is 3. The molecule has 2 aromatic carbocycles. The summed E-state index contributed by atoms with van der Waals surface area (Å²) in [5.74, 6) is -0.718. The van der Waals surface area contributed by atoms with Gasteiger partial charge in [-0.15, -0.1) is 11.3 Å². The lowest BCUT2D eigenvalue weighted by molar-refractivity contribution is -0.138. The quantitative estimate of drug-likeness (QED) is 0.127. The summed E-state index contributed by atoms with van der Waals surface area (Å²) in [4.78, 5) is 52.3. The van der Waals surface area contributed by atoms with Gasteiger partial charge in [0.2, 0.25) is 17.6 Å². The molecule has 0 aliphatic carbocycles. The number of rotatable bonds is 14. The second-order valence-corrected chi connectivity index (χ2v) is 13.8. The molecule has 13 heteroatoms. The summed E-state index contributed by atoms with van der Waals surface area (Å²) < 4.78 is 12.0. The van der Waals surface area contributed by atoms with Gasteiger partial charge in [-0.2, -0.15) is 0 Å². The van der Waals surface area contributed by atoms with Gasteiger partial charge in [0.25, 0.3) is 5.89 Å². The summed E-state index contributed by atoms with van der Waals surface area (Å²) in [6.45, 7) is 2.94. The molecule has 6 rings (SSSR count). The number of Topliss-reactive ketones (excluding diaryl/α,β-unsaturated/α-hetero) is 1. The van der Waals surface area contributed by atoms with Crippen LogP contribution in [0.1, 0.15) is 71.4 Å². The standard InChI is InChI=1S/C35H41ClN6O5S/c36-24-10-8-22(9-11-24)20-46-26-18-29(42(19-26)31(43)17-25-21-48-35(39-25)23-12-15-38-16-13-23)33(45)40-28(6-3-4-14-37)32(44)34-41-27-5-1-2-7-30(27)47-34/h1-2,5,7-11,21,23,26,28-29,38H,3-4,6,12-20,37H2,(H,40,45)/t26-,28+,29+/m1/s1. The number of hydrogen-bond acceptors (Lipinski definition) is 10. The number of carbonyl (C=O) groups excluding carboxylic acids is 3. The molecule has 0 bridgehead atoms. The van der Waals surface area contributed by atoms with Gasteiger partial charge in [0, 0.05) is 29.3 Å². The van der Waals surface area contributed by atoms with E-state index in [0.717, 1.165) is 36.5 Å². The number of nitrogens with two attached hydrogens (primary N) is 1. The Labute approximate surface area is 288 Å². The number of ketones is 1. The van der Waals surface area contributed by atoms with Crippen LogP contribution >= 0.6 is 22.9 Å². The number of thiazole rings is 1. The van der Waals surface area contributed by atoms with E-state index in [1.807, 2.05) is 23.6 Å². The molecular formula is C35H41ClN6O5S. The van der Waals surface area contributed by atoms with E-state index in [4.69, 9.17) is 31.5 Å². The highest BCUT2D eigenvalue weighted by molar-refractivity contribution is 7.09. The second-order valence-electron chi connectivity index (χ2n) is 12.4. The van der Waals surface area contributed by atoms with Crippen LogP contribution in [0.15, 0.2) is 58.3 Å². The van der Waals surface area contributed by atoms with E-state index in [2.05, 4.69) is 15.6 Å². The molecule has 0 radical (unpaired) electrons. The van der Waals surface area contributed by atoms with Crippen molar-refractivity contribution in [2.75, 3.05) is 26.2 Å². The maximum absolute atomic E-state index is 14.0.